The van der Waals surface area contributed by atoms with Gasteiger partial charge in [0.2, 0.25) is 5.91 Å². The number of hydrogen-bond acceptors (Lipinski definition) is 5. The van der Waals surface area contributed by atoms with E-state index in [-0.39, 0.29) is 18.4 Å². The quantitative estimate of drug-likeness (QED) is 0.836. The molecule has 0 aliphatic rings. The second-order valence-electron chi connectivity index (χ2n) is 4.67. The van der Waals surface area contributed by atoms with Gasteiger partial charge >= 0.3 is 0 Å². The zero-order valence-electron chi connectivity index (χ0n) is 11.9. The van der Waals surface area contributed by atoms with Gasteiger partial charge in [0.05, 0.1) is 18.4 Å². The van der Waals surface area contributed by atoms with Crippen LogP contribution in [0.5, 0.6) is 0 Å². The maximum Gasteiger partial charge on any atom is 0.263 e. The molecule has 1 atom stereocenters. The van der Waals surface area contributed by atoms with Crippen LogP contribution in [0.3, 0.4) is 0 Å². The molecule has 2 N–H and O–H groups in total. The topological polar surface area (TPSA) is 80.3 Å². The lowest BCUT2D eigenvalue weighted by molar-refractivity contribution is -0.120. The zero-order chi connectivity index (χ0) is 14.5. The van der Waals surface area contributed by atoms with Crippen molar-refractivity contribution in [3.8, 4) is 11.7 Å². The summed E-state index contributed by atoms with van der Waals surface area (Å²) in [6, 6.07) is 3.76. The molecule has 2 aromatic rings. The third-order valence-electron chi connectivity index (χ3n) is 3.05. The zero-order valence-corrected chi connectivity index (χ0v) is 11.9. The minimum absolute atomic E-state index is 0.0745. The molecular weight excluding hydrogens is 258 g/mol. The summed E-state index contributed by atoms with van der Waals surface area (Å²) >= 11 is 0. The van der Waals surface area contributed by atoms with E-state index in [0.717, 1.165) is 0 Å². The summed E-state index contributed by atoms with van der Waals surface area (Å²) < 4.78 is 10.7. The van der Waals surface area contributed by atoms with Gasteiger partial charge in [-0.25, -0.2) is 4.98 Å². The Kier molecular flexibility index (Phi) is 4.57. The van der Waals surface area contributed by atoms with Gasteiger partial charge in [0, 0.05) is 12.6 Å². The molecule has 0 fully saturated rings. The Bertz CT molecular complexity index is 560. The Balaban J connectivity index is 1.98. The molecule has 0 aliphatic heterocycles. The summed E-state index contributed by atoms with van der Waals surface area (Å²) in [5.74, 6) is 1.52. The van der Waals surface area contributed by atoms with Crippen LogP contribution in [0.15, 0.2) is 27.2 Å². The van der Waals surface area contributed by atoms with E-state index in [9.17, 15) is 4.79 Å². The Morgan fingerprint density at radius 3 is 2.95 bits per heavy atom. The lowest BCUT2D eigenvalue weighted by atomic mass is 10.2. The summed E-state index contributed by atoms with van der Waals surface area (Å²) in [7, 11) is 1.86. The second kappa shape index (κ2) is 6.38. The van der Waals surface area contributed by atoms with Crippen molar-refractivity contribution >= 4 is 5.91 Å². The van der Waals surface area contributed by atoms with Gasteiger partial charge in [-0.15, -0.1) is 0 Å². The first-order chi connectivity index (χ1) is 9.60. The van der Waals surface area contributed by atoms with E-state index >= 15 is 0 Å². The highest BCUT2D eigenvalue weighted by molar-refractivity contribution is 5.78. The fourth-order valence-corrected chi connectivity index (χ4v) is 1.68. The van der Waals surface area contributed by atoms with Crippen molar-refractivity contribution in [3.05, 3.63) is 29.9 Å². The van der Waals surface area contributed by atoms with E-state index in [4.69, 9.17) is 8.83 Å². The van der Waals surface area contributed by atoms with Gasteiger partial charge in [-0.1, -0.05) is 0 Å². The average Bonchev–Trinajstić information content (AvgIpc) is 3.06. The minimum atomic E-state index is -0.0745. The lowest BCUT2D eigenvalue weighted by Gasteiger charge is -2.10. The second-order valence-corrected chi connectivity index (χ2v) is 4.67. The van der Waals surface area contributed by atoms with Crippen LogP contribution in [0, 0.1) is 6.92 Å². The van der Waals surface area contributed by atoms with Crippen LogP contribution in [-0.4, -0.2) is 30.5 Å². The molecule has 0 aromatic carbocycles. The Morgan fingerprint density at radius 2 is 2.30 bits per heavy atom. The standard InChI is InChI=1S/C14H19N3O3/c1-9(15-3)8-16-13(18)7-11-10(2)20-14(17-11)12-5-4-6-19-12/h4-6,9,15H,7-8H2,1-3H3,(H,16,18). The van der Waals surface area contributed by atoms with Crippen molar-refractivity contribution in [1.82, 2.24) is 15.6 Å². The van der Waals surface area contributed by atoms with Crippen molar-refractivity contribution < 1.29 is 13.6 Å². The van der Waals surface area contributed by atoms with Crippen LogP contribution in [0.4, 0.5) is 0 Å². The number of rotatable bonds is 6. The summed E-state index contributed by atoms with van der Waals surface area (Å²) in [5.41, 5.74) is 0.631. The van der Waals surface area contributed by atoms with Gasteiger partial charge in [0.15, 0.2) is 5.76 Å². The molecule has 6 nitrogen and oxygen atoms in total. The molecule has 0 bridgehead atoms. The summed E-state index contributed by atoms with van der Waals surface area (Å²) in [6.45, 7) is 4.37. The summed E-state index contributed by atoms with van der Waals surface area (Å²) in [5, 5.41) is 5.90. The number of likely N-dealkylation sites (N-methyl/N-ethyl adjacent to an activating group) is 1. The molecule has 0 spiro atoms. The van der Waals surface area contributed by atoms with Gasteiger partial charge in [-0.05, 0) is 33.0 Å². The van der Waals surface area contributed by atoms with Gasteiger partial charge < -0.3 is 19.5 Å². The Morgan fingerprint density at radius 1 is 1.50 bits per heavy atom. The first kappa shape index (κ1) is 14.3. The van der Waals surface area contributed by atoms with Gasteiger partial charge in [-0.3, -0.25) is 4.79 Å². The average molecular weight is 277 g/mol. The molecular formula is C14H19N3O3. The minimum Gasteiger partial charge on any atom is -0.459 e. The molecule has 0 saturated heterocycles. The molecule has 1 amide bonds. The lowest BCUT2D eigenvalue weighted by Crippen LogP contribution is -2.37. The molecule has 6 heteroatoms. The molecule has 20 heavy (non-hydrogen) atoms. The largest absolute Gasteiger partial charge is 0.459 e. The van der Waals surface area contributed by atoms with Crippen LogP contribution in [-0.2, 0) is 11.2 Å². The van der Waals surface area contributed by atoms with Crippen molar-refractivity contribution in [2.24, 2.45) is 0 Å². The van der Waals surface area contributed by atoms with Crippen molar-refractivity contribution in [1.29, 1.82) is 0 Å². The number of carbonyl (C=O) groups excluding carboxylic acids is 1. The number of carbonyl (C=O) groups is 1. The number of furan rings is 1. The van der Waals surface area contributed by atoms with E-state index < -0.39 is 0 Å². The highest BCUT2D eigenvalue weighted by Gasteiger charge is 2.16. The predicted molar refractivity (Wildman–Crippen MR) is 74.2 cm³/mol. The first-order valence-electron chi connectivity index (χ1n) is 6.54. The number of oxazole rings is 1. The monoisotopic (exact) mass is 277 g/mol. The van der Waals surface area contributed by atoms with Gasteiger partial charge in [0.25, 0.3) is 5.89 Å². The molecule has 2 rings (SSSR count). The van der Waals surface area contributed by atoms with Crippen LogP contribution in [0.25, 0.3) is 11.7 Å². The molecule has 2 heterocycles. The molecule has 0 saturated carbocycles. The van der Waals surface area contributed by atoms with Crippen LogP contribution < -0.4 is 10.6 Å². The number of nitrogens with one attached hydrogen (secondary N) is 2. The van der Waals surface area contributed by atoms with Crippen LogP contribution in [0.2, 0.25) is 0 Å². The highest BCUT2D eigenvalue weighted by atomic mass is 16.4. The van der Waals surface area contributed by atoms with Crippen molar-refractivity contribution in [2.75, 3.05) is 13.6 Å². The molecule has 108 valence electrons. The first-order valence-corrected chi connectivity index (χ1v) is 6.54. The maximum atomic E-state index is 11.8. The highest BCUT2D eigenvalue weighted by Crippen LogP contribution is 2.22. The smallest absolute Gasteiger partial charge is 0.263 e. The van der Waals surface area contributed by atoms with Gasteiger partial charge in [0.1, 0.15) is 5.76 Å². The Labute approximate surface area is 117 Å². The van der Waals surface area contributed by atoms with E-state index in [0.29, 0.717) is 29.6 Å². The van der Waals surface area contributed by atoms with E-state index in [1.807, 2.05) is 14.0 Å². The van der Waals surface area contributed by atoms with E-state index in [2.05, 4.69) is 15.6 Å². The summed E-state index contributed by atoms with van der Waals surface area (Å²) in [6.07, 6.45) is 1.76. The van der Waals surface area contributed by atoms with E-state index in [1.54, 1.807) is 25.3 Å². The third-order valence-corrected chi connectivity index (χ3v) is 3.05. The van der Waals surface area contributed by atoms with Crippen LogP contribution >= 0.6 is 0 Å². The molecule has 0 radical (unpaired) electrons. The molecule has 1 unspecified atom stereocenters. The summed E-state index contributed by atoms with van der Waals surface area (Å²) in [4.78, 5) is 16.1. The van der Waals surface area contributed by atoms with Crippen molar-refractivity contribution in [2.45, 2.75) is 26.3 Å². The normalized spacial score (nSPS) is 12.3. The van der Waals surface area contributed by atoms with Crippen LogP contribution in [0.1, 0.15) is 18.4 Å². The third kappa shape index (κ3) is 3.48. The van der Waals surface area contributed by atoms with E-state index in [1.165, 1.54) is 0 Å². The fourth-order valence-electron chi connectivity index (χ4n) is 1.68. The van der Waals surface area contributed by atoms with Gasteiger partial charge in [-0.2, -0.15) is 0 Å². The number of hydrogen-bond donors (Lipinski definition) is 2. The Hall–Kier alpha value is -2.08. The van der Waals surface area contributed by atoms with Crippen molar-refractivity contribution in [3.63, 3.8) is 0 Å². The number of aryl methyl sites for hydroxylation is 1. The number of amides is 1. The predicted octanol–water partition coefficient (Wildman–Crippen LogP) is 1.51. The SMILES string of the molecule is CNC(C)CNC(=O)Cc1nc(-c2ccco2)oc1C. The number of aromatic nitrogens is 1. The molecule has 2 aromatic heterocycles. The number of nitrogens with zero attached hydrogens (tertiary/aromatic N) is 1. The fraction of sp³-hybridized carbons (Fsp3) is 0.429. The molecule has 0 aliphatic carbocycles. The maximum absolute atomic E-state index is 11.8.